The van der Waals surface area contributed by atoms with E-state index in [1.807, 2.05) is 39.8 Å². The van der Waals surface area contributed by atoms with E-state index >= 15 is 0 Å². The van der Waals surface area contributed by atoms with Crippen molar-refractivity contribution in [3.8, 4) is 0 Å². The zero-order valence-corrected chi connectivity index (χ0v) is 23.5. The van der Waals surface area contributed by atoms with E-state index in [2.05, 4.69) is 13.0 Å². The van der Waals surface area contributed by atoms with Crippen LogP contribution in [0.5, 0.6) is 0 Å². The maximum Gasteiger partial charge on any atom is 1.00 e. The van der Waals surface area contributed by atoms with Gasteiger partial charge in [-0.2, -0.15) is 0 Å². The van der Waals surface area contributed by atoms with Crippen LogP contribution in [-0.2, 0) is 14.3 Å². The van der Waals surface area contributed by atoms with Crippen LogP contribution in [0.1, 0.15) is 66.7 Å². The van der Waals surface area contributed by atoms with E-state index in [0.717, 1.165) is 5.57 Å². The van der Waals surface area contributed by atoms with E-state index in [0.29, 0.717) is 19.3 Å². The predicted octanol–water partition coefficient (Wildman–Crippen LogP) is -1.01. The maximum atomic E-state index is 13.1. The SMILES string of the molecule is CC(C)C(C(=O)O[C@H]1C[C@H](O)C=C2C=C[C@H](C)[C@H](CC[C@@H](O)C[C@@H](O)CC(=O)[O-])[C@H]21)C(C)C.[Na+]. The van der Waals surface area contributed by atoms with Crippen LogP contribution >= 0.6 is 0 Å². The van der Waals surface area contributed by atoms with Gasteiger partial charge in [-0.15, -0.1) is 0 Å². The van der Waals surface area contributed by atoms with Crippen molar-refractivity contribution >= 4 is 11.9 Å². The summed E-state index contributed by atoms with van der Waals surface area (Å²) in [6, 6.07) is 0. The standard InChI is InChI=1S/C26H42O7.Na/c1-14(2)24(15(3)4)26(32)33-22-12-19(28)10-17-7-6-16(5)21(25(17)22)9-8-18(27)11-20(29)13-23(30)31;/h6-7,10,14-16,18-22,24-25,27-29H,8-9,11-13H2,1-5H3,(H,30,31);/q;+1/p-1/t16-,18+,19+,20+,21-,22-,25-;/m0./s1. The van der Waals surface area contributed by atoms with Gasteiger partial charge < -0.3 is 30.0 Å². The second-order valence-corrected chi connectivity index (χ2v) is 10.6. The molecule has 8 heteroatoms. The molecule has 0 aromatic carbocycles. The smallest absolute Gasteiger partial charge is 0.550 e. The van der Waals surface area contributed by atoms with Crippen LogP contribution in [0, 0.1) is 35.5 Å². The van der Waals surface area contributed by atoms with Gasteiger partial charge in [0.05, 0.1) is 24.2 Å². The predicted molar refractivity (Wildman–Crippen MR) is 123 cm³/mol. The summed E-state index contributed by atoms with van der Waals surface area (Å²) in [4.78, 5) is 23.7. The maximum absolute atomic E-state index is 13.1. The number of carboxylic acid groups (broad SMARTS) is 1. The number of hydrogen-bond acceptors (Lipinski definition) is 7. The van der Waals surface area contributed by atoms with E-state index in [-0.39, 0.29) is 77.5 Å². The number of carbonyl (C=O) groups is 2. The Morgan fingerprint density at radius 1 is 1.15 bits per heavy atom. The van der Waals surface area contributed by atoms with Crippen LogP contribution in [0.15, 0.2) is 23.8 Å². The molecule has 0 radical (unpaired) electrons. The molecule has 0 saturated carbocycles. The Labute approximate surface area is 225 Å². The fraction of sp³-hybridized carbons (Fsp3) is 0.769. The van der Waals surface area contributed by atoms with E-state index in [1.165, 1.54) is 0 Å². The number of rotatable bonds is 11. The number of aliphatic hydroxyl groups excluding tert-OH is 3. The third-order valence-electron chi connectivity index (χ3n) is 7.13. The van der Waals surface area contributed by atoms with Crippen molar-refractivity contribution in [2.24, 2.45) is 35.5 Å². The summed E-state index contributed by atoms with van der Waals surface area (Å²) in [5.74, 6) is -1.34. The number of carbonyl (C=O) groups excluding carboxylic acids is 2. The summed E-state index contributed by atoms with van der Waals surface area (Å²) in [6.45, 7) is 10.1. The van der Waals surface area contributed by atoms with Crippen molar-refractivity contribution in [3.63, 3.8) is 0 Å². The molecular formula is C26H41NaO7. The molecule has 2 rings (SSSR count). The van der Waals surface area contributed by atoms with E-state index in [1.54, 1.807) is 0 Å². The largest absolute Gasteiger partial charge is 1.00 e. The van der Waals surface area contributed by atoms with Gasteiger partial charge in [0, 0.05) is 24.7 Å². The van der Waals surface area contributed by atoms with Gasteiger partial charge >= 0.3 is 35.5 Å². The minimum atomic E-state index is -1.35. The molecule has 34 heavy (non-hydrogen) atoms. The van der Waals surface area contributed by atoms with E-state index in [9.17, 15) is 30.0 Å². The summed E-state index contributed by atoms with van der Waals surface area (Å²) in [7, 11) is 0. The van der Waals surface area contributed by atoms with Crippen molar-refractivity contribution in [2.75, 3.05) is 0 Å². The quantitative estimate of drug-likeness (QED) is 0.251. The number of fused-ring (bicyclic) bond motifs is 1. The zero-order valence-electron chi connectivity index (χ0n) is 21.5. The second kappa shape index (κ2) is 14.1. The third kappa shape index (κ3) is 8.75. The van der Waals surface area contributed by atoms with Gasteiger partial charge in [-0.3, -0.25) is 4.79 Å². The molecule has 0 aliphatic heterocycles. The molecule has 7 atom stereocenters. The van der Waals surface area contributed by atoms with E-state index in [4.69, 9.17) is 4.74 Å². The molecule has 0 fully saturated rings. The summed E-state index contributed by atoms with van der Waals surface area (Å²) >= 11 is 0. The minimum absolute atomic E-state index is 0. The van der Waals surface area contributed by atoms with Gasteiger partial charge in [0.2, 0.25) is 0 Å². The van der Waals surface area contributed by atoms with E-state index < -0.39 is 36.8 Å². The van der Waals surface area contributed by atoms with Gasteiger partial charge in [-0.25, -0.2) is 0 Å². The molecule has 2 aliphatic rings. The number of allylic oxidation sites excluding steroid dienone is 2. The Kier molecular flexibility index (Phi) is 13.0. The first kappa shape index (κ1) is 31.3. The summed E-state index contributed by atoms with van der Waals surface area (Å²) in [5.41, 5.74) is 0.951. The topological polar surface area (TPSA) is 127 Å². The van der Waals surface area contributed by atoms with Gasteiger partial charge in [-0.05, 0) is 48.5 Å². The molecule has 0 spiro atoms. The van der Waals surface area contributed by atoms with Crippen LogP contribution in [0.4, 0.5) is 0 Å². The zero-order chi connectivity index (χ0) is 24.9. The number of ether oxygens (including phenoxy) is 1. The normalized spacial score (nSPS) is 28.2. The van der Waals surface area contributed by atoms with Gasteiger partial charge in [0.15, 0.2) is 0 Å². The van der Waals surface area contributed by atoms with Gasteiger partial charge in [0.25, 0.3) is 0 Å². The summed E-state index contributed by atoms with van der Waals surface area (Å²) < 4.78 is 6.06. The molecule has 7 nitrogen and oxygen atoms in total. The van der Waals surface area contributed by atoms with Crippen LogP contribution in [0.3, 0.4) is 0 Å². The summed E-state index contributed by atoms with van der Waals surface area (Å²) in [6.07, 6.45) is 3.59. The van der Waals surface area contributed by atoms with Crippen molar-refractivity contribution < 1.29 is 64.3 Å². The second-order valence-electron chi connectivity index (χ2n) is 10.6. The molecule has 0 bridgehead atoms. The molecule has 0 saturated heterocycles. The number of hydrogen-bond donors (Lipinski definition) is 3. The van der Waals surface area contributed by atoms with Gasteiger partial charge in [-0.1, -0.05) is 52.8 Å². The fourth-order valence-electron chi connectivity index (χ4n) is 5.62. The number of esters is 1. The first-order valence-corrected chi connectivity index (χ1v) is 12.2. The fourth-order valence-corrected chi connectivity index (χ4v) is 5.62. The van der Waals surface area contributed by atoms with Crippen LogP contribution in [0.25, 0.3) is 0 Å². The Morgan fingerprint density at radius 3 is 2.32 bits per heavy atom. The van der Waals surface area contributed by atoms with Crippen LogP contribution < -0.4 is 34.7 Å². The minimum Gasteiger partial charge on any atom is -0.550 e. The Bertz CT molecular complexity index is 725. The average Bonchev–Trinajstić information content (AvgIpc) is 2.65. The molecule has 0 aromatic heterocycles. The van der Waals surface area contributed by atoms with Crippen molar-refractivity contribution in [3.05, 3.63) is 23.8 Å². The van der Waals surface area contributed by atoms with Crippen molar-refractivity contribution in [1.29, 1.82) is 0 Å². The molecular weight excluding hydrogens is 447 g/mol. The average molecular weight is 489 g/mol. The first-order chi connectivity index (χ1) is 15.4. The molecule has 0 heterocycles. The molecule has 0 unspecified atom stereocenters. The van der Waals surface area contributed by atoms with Gasteiger partial charge in [0.1, 0.15) is 6.10 Å². The number of aliphatic hydroxyl groups is 3. The molecule has 188 valence electrons. The van der Waals surface area contributed by atoms with Crippen molar-refractivity contribution in [1.82, 2.24) is 0 Å². The molecule has 3 N–H and O–H groups in total. The number of carboxylic acids is 1. The first-order valence-electron chi connectivity index (χ1n) is 12.2. The van der Waals surface area contributed by atoms with Crippen molar-refractivity contribution in [2.45, 2.75) is 91.1 Å². The Balaban J connectivity index is 0.00000578. The molecule has 0 amide bonds. The molecule has 0 aromatic rings. The summed E-state index contributed by atoms with van der Waals surface area (Å²) in [5, 5.41) is 41.2. The third-order valence-corrected chi connectivity index (χ3v) is 7.13. The Morgan fingerprint density at radius 2 is 1.76 bits per heavy atom. The Hall–Kier alpha value is -0.700. The molecule has 2 aliphatic carbocycles. The monoisotopic (exact) mass is 488 g/mol. The van der Waals surface area contributed by atoms with Crippen LogP contribution in [-0.4, -0.2) is 51.7 Å². The number of aliphatic carboxylic acids is 1. The van der Waals surface area contributed by atoms with Crippen LogP contribution in [0.2, 0.25) is 0 Å².